The molecule has 0 aliphatic carbocycles. The zero-order chi connectivity index (χ0) is 8.97. The Bertz CT molecular complexity index is 240. The van der Waals surface area contributed by atoms with Gasteiger partial charge in [-0.3, -0.25) is 20.1 Å². The van der Waals surface area contributed by atoms with Crippen molar-refractivity contribution in [2.24, 2.45) is 0 Å². The van der Waals surface area contributed by atoms with Crippen LogP contribution in [0, 0.1) is 0 Å². The Balaban J connectivity index is 2.80. The second kappa shape index (κ2) is 4.39. The van der Waals surface area contributed by atoms with Gasteiger partial charge in [0, 0.05) is 11.7 Å². The third kappa shape index (κ3) is 2.16. The maximum atomic E-state index is 8.20. The van der Waals surface area contributed by atoms with E-state index in [1.807, 2.05) is 0 Å². The van der Waals surface area contributed by atoms with E-state index >= 15 is 0 Å². The normalized spacial score (nSPS) is 9.92. The first-order chi connectivity index (χ1) is 5.77. The summed E-state index contributed by atoms with van der Waals surface area (Å²) in [6.45, 7) is 0. The molecule has 0 saturated carbocycles. The summed E-state index contributed by atoms with van der Waals surface area (Å²) in [4.78, 5) is 11.2. The van der Waals surface area contributed by atoms with Crippen LogP contribution in [0.2, 0.25) is 5.15 Å². The van der Waals surface area contributed by atoms with Gasteiger partial charge in [0.1, 0.15) is 5.15 Å². The van der Waals surface area contributed by atoms with Crippen LogP contribution >= 0.6 is 11.6 Å². The summed E-state index contributed by atoms with van der Waals surface area (Å²) in [6, 6.07) is 2.97. The van der Waals surface area contributed by atoms with E-state index in [2.05, 4.69) is 14.6 Å². The average Bonchev–Trinajstić information content (AvgIpc) is 2.10. The predicted octanol–water partition coefficient (Wildman–Crippen LogP) is 0.409. The quantitative estimate of drug-likeness (QED) is 0.312. The molecule has 0 spiro atoms. The van der Waals surface area contributed by atoms with Gasteiger partial charge in [-0.05, 0) is 6.07 Å². The van der Waals surface area contributed by atoms with Gasteiger partial charge in [-0.25, -0.2) is 4.98 Å². The van der Waals surface area contributed by atoms with Gasteiger partial charge in [-0.2, -0.15) is 0 Å². The third-order valence-electron chi connectivity index (χ3n) is 1.21. The van der Waals surface area contributed by atoms with Crippen molar-refractivity contribution in [2.75, 3.05) is 0 Å². The molecule has 1 aromatic rings. The van der Waals surface area contributed by atoms with Crippen molar-refractivity contribution in [3.8, 4) is 0 Å². The molecule has 5 nitrogen and oxygen atoms in total. The van der Waals surface area contributed by atoms with Crippen LogP contribution in [-0.2, 0) is 9.61 Å². The van der Waals surface area contributed by atoms with Crippen LogP contribution < -0.4 is 5.46 Å². The lowest BCUT2D eigenvalue weighted by Gasteiger charge is -2.03. The van der Waals surface area contributed by atoms with Crippen LogP contribution in [0.25, 0.3) is 0 Å². The van der Waals surface area contributed by atoms with Crippen molar-refractivity contribution in [1.82, 2.24) is 4.98 Å². The topological polar surface area (TPSA) is 71.8 Å². The molecule has 0 bridgehead atoms. The minimum absolute atomic E-state index is 0.299. The van der Waals surface area contributed by atoms with E-state index in [9.17, 15) is 0 Å². The molecule has 2 N–H and O–H groups in total. The van der Waals surface area contributed by atoms with Gasteiger partial charge in [0.2, 0.25) is 0 Å². The van der Waals surface area contributed by atoms with Crippen molar-refractivity contribution in [3.05, 3.63) is 23.5 Å². The fourth-order valence-electron chi connectivity index (χ4n) is 0.668. The average molecular weight is 189 g/mol. The fourth-order valence-corrected chi connectivity index (χ4v) is 0.779. The molecule has 0 aliphatic rings. The Morgan fingerprint density at radius 2 is 2.00 bits per heavy atom. The van der Waals surface area contributed by atoms with Crippen LogP contribution in [0.5, 0.6) is 0 Å². The molecule has 0 atom stereocenters. The lowest BCUT2D eigenvalue weighted by molar-refractivity contribution is -0.221. The Hall–Kier alpha value is -0.655. The summed E-state index contributed by atoms with van der Waals surface area (Å²) < 4.78 is 0. The van der Waals surface area contributed by atoms with Crippen molar-refractivity contribution in [3.63, 3.8) is 0 Å². The number of nitrogens with zero attached hydrogens (tertiary/aromatic N) is 1. The highest BCUT2D eigenvalue weighted by molar-refractivity contribution is 6.60. The Morgan fingerprint density at radius 1 is 1.33 bits per heavy atom. The standard InChI is InChI=1S/C5H5BClNO4/c7-5-2-1-4(3-8-5)6(11-9)12-10/h1-3,9-10H. The van der Waals surface area contributed by atoms with Gasteiger partial charge >= 0.3 is 7.12 Å². The Morgan fingerprint density at radius 3 is 2.42 bits per heavy atom. The number of hydrogen-bond acceptors (Lipinski definition) is 5. The van der Waals surface area contributed by atoms with Gasteiger partial charge in [-0.15, -0.1) is 0 Å². The first-order valence-corrected chi connectivity index (χ1v) is 3.37. The van der Waals surface area contributed by atoms with E-state index in [1.54, 1.807) is 0 Å². The lowest BCUT2D eigenvalue weighted by Crippen LogP contribution is -2.35. The van der Waals surface area contributed by atoms with Crippen molar-refractivity contribution in [2.45, 2.75) is 0 Å². The second-order valence-corrected chi connectivity index (χ2v) is 2.34. The van der Waals surface area contributed by atoms with Crippen LogP contribution in [0.15, 0.2) is 18.3 Å². The molecule has 7 heteroatoms. The van der Waals surface area contributed by atoms with E-state index in [1.165, 1.54) is 18.3 Å². The van der Waals surface area contributed by atoms with Crippen molar-refractivity contribution >= 4 is 24.2 Å². The highest BCUT2D eigenvalue weighted by Crippen LogP contribution is 1.99. The van der Waals surface area contributed by atoms with Gasteiger partial charge in [0.05, 0.1) is 0 Å². The zero-order valence-electron chi connectivity index (χ0n) is 5.85. The molecule has 0 radical (unpaired) electrons. The van der Waals surface area contributed by atoms with Crippen LogP contribution in [-0.4, -0.2) is 22.6 Å². The summed E-state index contributed by atoms with van der Waals surface area (Å²) in [5.74, 6) is 0. The zero-order valence-corrected chi connectivity index (χ0v) is 6.60. The molecule has 1 aromatic heterocycles. The maximum absolute atomic E-state index is 8.20. The first kappa shape index (κ1) is 9.43. The van der Waals surface area contributed by atoms with Crippen LogP contribution in [0.3, 0.4) is 0 Å². The highest BCUT2D eigenvalue weighted by Gasteiger charge is 2.21. The second-order valence-electron chi connectivity index (χ2n) is 1.96. The highest BCUT2D eigenvalue weighted by atomic mass is 35.5. The fraction of sp³-hybridized carbons (Fsp3) is 0. The van der Waals surface area contributed by atoms with Crippen molar-refractivity contribution < 1.29 is 20.1 Å². The summed E-state index contributed by atoms with van der Waals surface area (Å²) in [5.41, 5.74) is 0.351. The summed E-state index contributed by atoms with van der Waals surface area (Å²) >= 11 is 5.48. The van der Waals surface area contributed by atoms with E-state index in [0.29, 0.717) is 10.6 Å². The van der Waals surface area contributed by atoms with Gasteiger partial charge in [0.15, 0.2) is 0 Å². The molecule has 1 heterocycles. The van der Waals surface area contributed by atoms with E-state index in [4.69, 9.17) is 22.1 Å². The summed E-state index contributed by atoms with van der Waals surface area (Å²) in [6.07, 6.45) is 1.30. The number of hydrogen-bond donors (Lipinski definition) is 2. The number of aromatic nitrogens is 1. The monoisotopic (exact) mass is 189 g/mol. The lowest BCUT2D eigenvalue weighted by atomic mass is 9.81. The maximum Gasteiger partial charge on any atom is 0.555 e. The first-order valence-electron chi connectivity index (χ1n) is 3.00. The molecule has 64 valence electrons. The molecule has 0 unspecified atom stereocenters. The number of pyridine rings is 1. The third-order valence-corrected chi connectivity index (χ3v) is 1.44. The van der Waals surface area contributed by atoms with E-state index in [0.717, 1.165) is 0 Å². The van der Waals surface area contributed by atoms with Gasteiger partial charge in [0.25, 0.3) is 0 Å². The molecule has 0 aromatic carbocycles. The molecular formula is C5H5BClNO4. The molecule has 0 aliphatic heterocycles. The SMILES string of the molecule is OOB(OO)c1ccc(Cl)nc1. The largest absolute Gasteiger partial charge is 0.555 e. The number of rotatable bonds is 3. The van der Waals surface area contributed by atoms with E-state index in [-0.39, 0.29) is 0 Å². The Labute approximate surface area is 73.5 Å². The molecule has 0 saturated heterocycles. The molecule has 12 heavy (non-hydrogen) atoms. The minimum atomic E-state index is -1.25. The summed E-state index contributed by atoms with van der Waals surface area (Å²) in [5, 5.41) is 16.7. The van der Waals surface area contributed by atoms with E-state index < -0.39 is 7.12 Å². The van der Waals surface area contributed by atoms with Gasteiger partial charge in [-0.1, -0.05) is 17.7 Å². The van der Waals surface area contributed by atoms with Gasteiger partial charge < -0.3 is 0 Å². The minimum Gasteiger partial charge on any atom is -0.264 e. The molecule has 1 rings (SSSR count). The Kier molecular flexibility index (Phi) is 3.45. The van der Waals surface area contributed by atoms with Crippen LogP contribution in [0.4, 0.5) is 0 Å². The molecule has 0 fully saturated rings. The molecular weight excluding hydrogens is 184 g/mol. The van der Waals surface area contributed by atoms with Crippen LogP contribution in [0.1, 0.15) is 0 Å². The molecule has 0 amide bonds. The summed E-state index contributed by atoms with van der Waals surface area (Å²) in [7, 11) is -1.25. The predicted molar refractivity (Wildman–Crippen MR) is 42.1 cm³/mol. The number of halogens is 1. The van der Waals surface area contributed by atoms with Crippen molar-refractivity contribution in [1.29, 1.82) is 0 Å². The smallest absolute Gasteiger partial charge is 0.264 e.